The summed E-state index contributed by atoms with van der Waals surface area (Å²) in [5.41, 5.74) is 1.07. The third-order valence-corrected chi connectivity index (χ3v) is 3.67. The van der Waals surface area contributed by atoms with Crippen LogP contribution in [0.25, 0.3) is 0 Å². The van der Waals surface area contributed by atoms with E-state index in [0.29, 0.717) is 25.5 Å². The first-order valence-corrected chi connectivity index (χ1v) is 6.73. The molecule has 0 aromatic carbocycles. The van der Waals surface area contributed by atoms with E-state index >= 15 is 0 Å². The SMILES string of the molecule is Cc1ccc(C(=O)N2CCOC[C@H]2c2cccn2C)o1. The van der Waals surface area contributed by atoms with Crippen LogP contribution in [0.4, 0.5) is 0 Å². The van der Waals surface area contributed by atoms with E-state index < -0.39 is 0 Å². The lowest BCUT2D eigenvalue weighted by molar-refractivity contribution is -0.00621. The van der Waals surface area contributed by atoms with Gasteiger partial charge in [-0.15, -0.1) is 0 Å². The van der Waals surface area contributed by atoms with Crippen LogP contribution in [0.1, 0.15) is 28.1 Å². The lowest BCUT2D eigenvalue weighted by Gasteiger charge is -2.35. The number of morpholine rings is 1. The molecule has 0 bridgehead atoms. The molecule has 20 heavy (non-hydrogen) atoms. The second-order valence-electron chi connectivity index (χ2n) is 5.04. The second-order valence-corrected chi connectivity index (χ2v) is 5.04. The van der Waals surface area contributed by atoms with Crippen molar-refractivity contribution in [2.75, 3.05) is 19.8 Å². The van der Waals surface area contributed by atoms with Crippen molar-refractivity contribution >= 4 is 5.91 Å². The molecule has 3 heterocycles. The number of carbonyl (C=O) groups excluding carboxylic acids is 1. The van der Waals surface area contributed by atoms with E-state index in [-0.39, 0.29) is 11.9 Å². The van der Waals surface area contributed by atoms with Crippen LogP contribution in [0.5, 0.6) is 0 Å². The molecule has 1 aliphatic heterocycles. The monoisotopic (exact) mass is 274 g/mol. The zero-order chi connectivity index (χ0) is 14.1. The summed E-state index contributed by atoms with van der Waals surface area (Å²) >= 11 is 0. The number of furan rings is 1. The number of hydrogen-bond acceptors (Lipinski definition) is 3. The average molecular weight is 274 g/mol. The summed E-state index contributed by atoms with van der Waals surface area (Å²) in [7, 11) is 1.98. The van der Waals surface area contributed by atoms with Gasteiger partial charge in [-0.1, -0.05) is 0 Å². The highest BCUT2D eigenvalue weighted by Gasteiger charge is 2.31. The molecule has 0 saturated carbocycles. The van der Waals surface area contributed by atoms with Crippen LogP contribution in [0.2, 0.25) is 0 Å². The van der Waals surface area contributed by atoms with Gasteiger partial charge < -0.3 is 18.6 Å². The van der Waals surface area contributed by atoms with E-state index in [4.69, 9.17) is 9.15 Å². The number of aromatic nitrogens is 1. The molecule has 2 aromatic heterocycles. The minimum atomic E-state index is -0.0763. The van der Waals surface area contributed by atoms with Crippen LogP contribution in [0, 0.1) is 6.92 Å². The molecule has 1 aliphatic rings. The Bertz CT molecular complexity index is 614. The lowest BCUT2D eigenvalue weighted by Crippen LogP contribution is -2.43. The van der Waals surface area contributed by atoms with Gasteiger partial charge >= 0.3 is 0 Å². The summed E-state index contributed by atoms with van der Waals surface area (Å²) in [5.74, 6) is 1.06. The number of ether oxygens (including phenoxy) is 1. The van der Waals surface area contributed by atoms with Crippen LogP contribution in [-0.4, -0.2) is 35.1 Å². The van der Waals surface area contributed by atoms with E-state index in [2.05, 4.69) is 0 Å². The molecule has 1 saturated heterocycles. The number of rotatable bonds is 2. The van der Waals surface area contributed by atoms with Gasteiger partial charge in [-0.2, -0.15) is 0 Å². The first-order valence-electron chi connectivity index (χ1n) is 6.73. The van der Waals surface area contributed by atoms with Crippen molar-refractivity contribution in [3.63, 3.8) is 0 Å². The van der Waals surface area contributed by atoms with Gasteiger partial charge in [-0.05, 0) is 31.2 Å². The zero-order valence-electron chi connectivity index (χ0n) is 11.7. The molecule has 0 aliphatic carbocycles. The lowest BCUT2D eigenvalue weighted by atomic mass is 10.1. The second kappa shape index (κ2) is 5.17. The Hall–Kier alpha value is -2.01. The topological polar surface area (TPSA) is 47.6 Å². The van der Waals surface area contributed by atoms with Crippen molar-refractivity contribution in [3.8, 4) is 0 Å². The minimum absolute atomic E-state index is 0.0679. The Morgan fingerprint density at radius 1 is 1.35 bits per heavy atom. The number of hydrogen-bond donors (Lipinski definition) is 0. The zero-order valence-corrected chi connectivity index (χ0v) is 11.7. The fourth-order valence-corrected chi connectivity index (χ4v) is 2.60. The number of aryl methyl sites for hydroxylation is 2. The molecule has 106 valence electrons. The molecule has 0 N–H and O–H groups in total. The molecule has 0 unspecified atom stereocenters. The van der Waals surface area contributed by atoms with E-state index in [9.17, 15) is 4.79 Å². The number of nitrogens with zero attached hydrogens (tertiary/aromatic N) is 2. The molecule has 3 rings (SSSR count). The molecular formula is C15H18N2O3. The van der Waals surface area contributed by atoms with Gasteiger partial charge in [-0.3, -0.25) is 4.79 Å². The first-order chi connectivity index (χ1) is 9.66. The van der Waals surface area contributed by atoms with Crippen molar-refractivity contribution < 1.29 is 13.9 Å². The molecule has 0 radical (unpaired) electrons. The largest absolute Gasteiger partial charge is 0.456 e. The molecular weight excluding hydrogens is 256 g/mol. The summed E-state index contributed by atoms with van der Waals surface area (Å²) in [4.78, 5) is 14.4. The molecule has 1 fully saturated rings. The van der Waals surface area contributed by atoms with Crippen molar-refractivity contribution in [1.29, 1.82) is 0 Å². The van der Waals surface area contributed by atoms with Gasteiger partial charge in [0.15, 0.2) is 5.76 Å². The van der Waals surface area contributed by atoms with Gasteiger partial charge in [0.2, 0.25) is 0 Å². The highest BCUT2D eigenvalue weighted by molar-refractivity contribution is 5.91. The summed E-state index contributed by atoms with van der Waals surface area (Å²) in [6, 6.07) is 7.47. The van der Waals surface area contributed by atoms with Gasteiger partial charge in [0.05, 0.1) is 19.3 Å². The van der Waals surface area contributed by atoms with E-state index in [0.717, 1.165) is 11.5 Å². The Balaban J connectivity index is 1.89. The predicted octanol–water partition coefficient (Wildman–Crippen LogP) is 2.14. The smallest absolute Gasteiger partial charge is 0.290 e. The Morgan fingerprint density at radius 3 is 2.85 bits per heavy atom. The fraction of sp³-hybridized carbons (Fsp3) is 0.400. The van der Waals surface area contributed by atoms with Crippen molar-refractivity contribution in [2.24, 2.45) is 7.05 Å². The third kappa shape index (κ3) is 2.25. The minimum Gasteiger partial charge on any atom is -0.456 e. The number of carbonyl (C=O) groups is 1. The summed E-state index contributed by atoms with van der Waals surface area (Å²) < 4.78 is 13.0. The maximum atomic E-state index is 12.6. The van der Waals surface area contributed by atoms with Crippen molar-refractivity contribution in [1.82, 2.24) is 9.47 Å². The molecule has 5 nitrogen and oxygen atoms in total. The number of amides is 1. The maximum absolute atomic E-state index is 12.6. The standard InChI is InChI=1S/C15H18N2O3/c1-11-5-6-14(20-11)15(18)17-8-9-19-10-13(17)12-4-3-7-16(12)2/h3-7,13H,8-10H2,1-2H3/t13-/m0/s1. The van der Waals surface area contributed by atoms with Crippen LogP contribution in [0.15, 0.2) is 34.9 Å². The van der Waals surface area contributed by atoms with Gasteiger partial charge in [0.25, 0.3) is 5.91 Å². The maximum Gasteiger partial charge on any atom is 0.290 e. The molecule has 1 amide bonds. The van der Waals surface area contributed by atoms with Crippen LogP contribution >= 0.6 is 0 Å². The van der Waals surface area contributed by atoms with E-state index in [1.54, 1.807) is 6.07 Å². The predicted molar refractivity (Wildman–Crippen MR) is 73.5 cm³/mol. The van der Waals surface area contributed by atoms with E-state index in [1.165, 1.54) is 0 Å². The Kier molecular flexibility index (Phi) is 3.36. The quantitative estimate of drug-likeness (QED) is 0.843. The normalized spacial score (nSPS) is 19.3. The van der Waals surface area contributed by atoms with Crippen LogP contribution < -0.4 is 0 Å². The summed E-state index contributed by atoms with van der Waals surface area (Å²) in [6.45, 7) is 3.49. The van der Waals surface area contributed by atoms with Crippen molar-refractivity contribution in [2.45, 2.75) is 13.0 Å². The molecule has 0 spiro atoms. The summed E-state index contributed by atoms with van der Waals surface area (Å²) in [6.07, 6.45) is 1.98. The Labute approximate surface area is 117 Å². The highest BCUT2D eigenvalue weighted by Crippen LogP contribution is 2.26. The van der Waals surface area contributed by atoms with Crippen molar-refractivity contribution in [3.05, 3.63) is 47.7 Å². The Morgan fingerprint density at radius 2 is 2.20 bits per heavy atom. The van der Waals surface area contributed by atoms with Crippen LogP contribution in [-0.2, 0) is 11.8 Å². The fourth-order valence-electron chi connectivity index (χ4n) is 2.60. The summed E-state index contributed by atoms with van der Waals surface area (Å²) in [5, 5.41) is 0. The average Bonchev–Trinajstić information content (AvgIpc) is 3.07. The van der Waals surface area contributed by atoms with Gasteiger partial charge in [-0.25, -0.2) is 0 Å². The van der Waals surface area contributed by atoms with Gasteiger partial charge in [0.1, 0.15) is 5.76 Å². The van der Waals surface area contributed by atoms with E-state index in [1.807, 2.05) is 47.8 Å². The van der Waals surface area contributed by atoms with Gasteiger partial charge in [0, 0.05) is 25.5 Å². The molecule has 1 atom stereocenters. The third-order valence-electron chi connectivity index (χ3n) is 3.67. The molecule has 2 aromatic rings. The highest BCUT2D eigenvalue weighted by atomic mass is 16.5. The first kappa shape index (κ1) is 13.0. The molecule has 5 heteroatoms. The van der Waals surface area contributed by atoms with Crippen LogP contribution in [0.3, 0.4) is 0 Å².